The van der Waals surface area contributed by atoms with E-state index in [1.807, 2.05) is 36.9 Å². The van der Waals surface area contributed by atoms with Crippen molar-refractivity contribution >= 4 is 27.5 Å². The summed E-state index contributed by atoms with van der Waals surface area (Å²) in [5.74, 6) is -1.40. The lowest BCUT2D eigenvalue weighted by Crippen LogP contribution is -2.55. The van der Waals surface area contributed by atoms with Crippen molar-refractivity contribution in [2.24, 2.45) is 0 Å². The zero-order valence-corrected chi connectivity index (χ0v) is 19.8. The minimum absolute atomic E-state index is 0.127. The van der Waals surface area contributed by atoms with Gasteiger partial charge in [-0.05, 0) is 44.0 Å². The van der Waals surface area contributed by atoms with E-state index < -0.39 is 32.7 Å². The molecule has 0 spiro atoms. The van der Waals surface area contributed by atoms with Gasteiger partial charge < -0.3 is 10.2 Å². The normalized spacial score (nSPS) is 15.8. The topological polar surface area (TPSA) is 98.8 Å². The summed E-state index contributed by atoms with van der Waals surface area (Å²) < 4.78 is 41.0. The summed E-state index contributed by atoms with van der Waals surface area (Å²) in [6, 6.07) is 9.78. The molecule has 0 aliphatic carbocycles. The Balaban J connectivity index is 1.51. The summed E-state index contributed by atoms with van der Waals surface area (Å²) in [5.41, 5.74) is 2.79. The average molecular weight is 477 g/mol. The molecule has 1 heterocycles. The number of sulfonamides is 1. The van der Waals surface area contributed by atoms with Crippen LogP contribution in [0.5, 0.6) is 0 Å². The second-order valence-electron chi connectivity index (χ2n) is 8.19. The molecule has 1 saturated heterocycles. The number of rotatable bonds is 7. The number of hydrogen-bond donors (Lipinski definition) is 2. The van der Waals surface area contributed by atoms with Gasteiger partial charge in [0.15, 0.2) is 0 Å². The number of hydrogen-bond acceptors (Lipinski definition) is 5. The Morgan fingerprint density at radius 3 is 2.21 bits per heavy atom. The van der Waals surface area contributed by atoms with Crippen LogP contribution >= 0.6 is 0 Å². The number of amides is 2. The van der Waals surface area contributed by atoms with Crippen LogP contribution in [0.15, 0.2) is 47.4 Å². The van der Waals surface area contributed by atoms with Gasteiger partial charge in [0.25, 0.3) is 0 Å². The van der Waals surface area contributed by atoms with Gasteiger partial charge in [-0.25, -0.2) is 12.8 Å². The third-order valence-corrected chi connectivity index (χ3v) is 7.20. The molecule has 8 nitrogen and oxygen atoms in total. The smallest absolute Gasteiger partial charge is 0.244 e. The van der Waals surface area contributed by atoms with E-state index in [4.69, 9.17) is 0 Å². The van der Waals surface area contributed by atoms with Gasteiger partial charge >= 0.3 is 0 Å². The predicted octanol–water partition coefficient (Wildman–Crippen LogP) is 1.89. The molecule has 2 amide bonds. The predicted molar refractivity (Wildman–Crippen MR) is 124 cm³/mol. The Kier molecular flexibility index (Phi) is 7.83. The Hall–Kier alpha value is -2.82. The summed E-state index contributed by atoms with van der Waals surface area (Å²) in [6.45, 7) is 7.21. The molecular weight excluding hydrogens is 447 g/mol. The highest BCUT2D eigenvalue weighted by molar-refractivity contribution is 7.89. The molecule has 3 rings (SSSR count). The fourth-order valence-corrected chi connectivity index (χ4v) is 5.08. The van der Waals surface area contributed by atoms with Gasteiger partial charge in [0.2, 0.25) is 21.8 Å². The number of para-hydroxylation sites is 1. The number of carbonyl (C=O) groups excluding carboxylic acids is 2. The van der Waals surface area contributed by atoms with Gasteiger partial charge in [-0.3, -0.25) is 14.5 Å². The van der Waals surface area contributed by atoms with E-state index >= 15 is 0 Å². The van der Waals surface area contributed by atoms with E-state index in [-0.39, 0.29) is 12.5 Å². The molecule has 2 N–H and O–H groups in total. The van der Waals surface area contributed by atoms with Crippen molar-refractivity contribution in [2.45, 2.75) is 31.7 Å². The number of aryl methyl sites for hydroxylation is 2. The first-order chi connectivity index (χ1) is 15.6. The molecular formula is C23H29FN4O4S. The monoisotopic (exact) mass is 476 g/mol. The maximum absolute atomic E-state index is 13.9. The largest absolute Gasteiger partial charge is 0.339 e. The molecule has 0 saturated carbocycles. The highest BCUT2D eigenvalue weighted by Gasteiger charge is 2.29. The summed E-state index contributed by atoms with van der Waals surface area (Å²) in [7, 11) is -4.17. The van der Waals surface area contributed by atoms with Crippen molar-refractivity contribution < 1.29 is 22.4 Å². The molecule has 1 atom stereocenters. The molecule has 178 valence electrons. The highest BCUT2D eigenvalue weighted by atomic mass is 32.2. The molecule has 2 aromatic rings. The van der Waals surface area contributed by atoms with Crippen molar-refractivity contribution in [3.05, 3.63) is 59.4 Å². The molecule has 2 aromatic carbocycles. The number of carbonyl (C=O) groups is 2. The van der Waals surface area contributed by atoms with Gasteiger partial charge in [0.05, 0.1) is 12.6 Å². The highest BCUT2D eigenvalue weighted by Crippen LogP contribution is 2.19. The summed E-state index contributed by atoms with van der Waals surface area (Å²) >= 11 is 0. The maximum atomic E-state index is 13.9. The Morgan fingerprint density at radius 1 is 1.00 bits per heavy atom. The second kappa shape index (κ2) is 10.4. The first kappa shape index (κ1) is 24.8. The fourth-order valence-electron chi connectivity index (χ4n) is 3.80. The average Bonchev–Trinajstić information content (AvgIpc) is 2.76. The second-order valence-corrected chi connectivity index (χ2v) is 9.87. The zero-order valence-electron chi connectivity index (χ0n) is 19.0. The van der Waals surface area contributed by atoms with Crippen molar-refractivity contribution in [3.8, 4) is 0 Å². The Bertz CT molecular complexity index is 1110. The van der Waals surface area contributed by atoms with Crippen LogP contribution in [0.3, 0.4) is 0 Å². The minimum atomic E-state index is -4.17. The number of benzene rings is 2. The first-order valence-corrected chi connectivity index (χ1v) is 12.2. The van der Waals surface area contributed by atoms with Crippen LogP contribution in [0, 0.1) is 19.7 Å². The molecule has 0 aromatic heterocycles. The Morgan fingerprint density at radius 2 is 1.61 bits per heavy atom. The van der Waals surface area contributed by atoms with Crippen molar-refractivity contribution in [1.82, 2.24) is 14.5 Å². The van der Waals surface area contributed by atoms with Gasteiger partial charge in [-0.2, -0.15) is 4.72 Å². The molecule has 1 aliphatic rings. The number of nitrogens with zero attached hydrogens (tertiary/aromatic N) is 2. The SMILES string of the molecule is Cc1cccc(C)c1NC(=O)CN1CCN(C(=O)[C@H](C)NS(=O)(=O)c2ccccc2F)CC1. The number of piperazine rings is 1. The van der Waals surface area contributed by atoms with Gasteiger partial charge in [-0.1, -0.05) is 30.3 Å². The molecule has 10 heteroatoms. The van der Waals surface area contributed by atoms with Crippen LogP contribution in [0.4, 0.5) is 10.1 Å². The van der Waals surface area contributed by atoms with Crippen LogP contribution in [0.25, 0.3) is 0 Å². The van der Waals surface area contributed by atoms with E-state index in [1.54, 1.807) is 4.90 Å². The lowest BCUT2D eigenvalue weighted by Gasteiger charge is -2.35. The summed E-state index contributed by atoms with van der Waals surface area (Å²) in [6.07, 6.45) is 0. The lowest BCUT2D eigenvalue weighted by molar-refractivity contribution is -0.134. The van der Waals surface area contributed by atoms with Crippen molar-refractivity contribution in [3.63, 3.8) is 0 Å². The van der Waals surface area contributed by atoms with Crippen LogP contribution in [0.2, 0.25) is 0 Å². The van der Waals surface area contributed by atoms with Gasteiger partial charge in [0.1, 0.15) is 10.7 Å². The number of anilines is 1. The third kappa shape index (κ3) is 6.16. The summed E-state index contributed by atoms with van der Waals surface area (Å²) in [4.78, 5) is 28.2. The van der Waals surface area contributed by atoms with E-state index in [1.165, 1.54) is 19.1 Å². The molecule has 0 radical (unpaired) electrons. The Labute approximate surface area is 193 Å². The molecule has 0 unspecified atom stereocenters. The number of halogens is 1. The van der Waals surface area contributed by atoms with Gasteiger partial charge in [0, 0.05) is 31.9 Å². The van der Waals surface area contributed by atoms with Crippen molar-refractivity contribution in [1.29, 1.82) is 0 Å². The quantitative estimate of drug-likeness (QED) is 0.636. The van der Waals surface area contributed by atoms with Crippen LogP contribution < -0.4 is 10.0 Å². The molecule has 0 bridgehead atoms. The van der Waals surface area contributed by atoms with Crippen LogP contribution in [0.1, 0.15) is 18.1 Å². The molecule has 1 fully saturated rings. The van der Waals surface area contributed by atoms with Crippen LogP contribution in [-0.2, 0) is 19.6 Å². The minimum Gasteiger partial charge on any atom is -0.339 e. The van der Waals surface area contributed by atoms with E-state index in [0.717, 1.165) is 28.9 Å². The lowest BCUT2D eigenvalue weighted by atomic mass is 10.1. The van der Waals surface area contributed by atoms with Gasteiger partial charge in [-0.15, -0.1) is 0 Å². The fraction of sp³-hybridized carbons (Fsp3) is 0.391. The number of nitrogens with one attached hydrogen (secondary N) is 2. The van der Waals surface area contributed by atoms with E-state index in [2.05, 4.69) is 10.0 Å². The molecule has 33 heavy (non-hydrogen) atoms. The van der Waals surface area contributed by atoms with E-state index in [0.29, 0.717) is 26.2 Å². The summed E-state index contributed by atoms with van der Waals surface area (Å²) in [5, 5.41) is 2.96. The van der Waals surface area contributed by atoms with Crippen LogP contribution in [-0.4, -0.2) is 68.8 Å². The van der Waals surface area contributed by atoms with E-state index in [9.17, 15) is 22.4 Å². The zero-order chi connectivity index (χ0) is 24.2. The first-order valence-electron chi connectivity index (χ1n) is 10.7. The maximum Gasteiger partial charge on any atom is 0.244 e. The van der Waals surface area contributed by atoms with Crippen molar-refractivity contribution in [2.75, 3.05) is 38.0 Å². The standard InChI is InChI=1S/C23H29FN4O4S/c1-16-7-6-8-17(2)22(16)25-21(29)15-27-11-13-28(14-12-27)23(30)18(3)26-33(31,32)20-10-5-4-9-19(20)24/h4-10,18,26H,11-15H2,1-3H3,(H,25,29)/t18-/m0/s1. The molecule has 1 aliphatic heterocycles. The third-order valence-electron chi connectivity index (χ3n) is 5.63.